The summed E-state index contributed by atoms with van der Waals surface area (Å²) >= 11 is 0. The summed E-state index contributed by atoms with van der Waals surface area (Å²) in [5.74, 6) is 1.83. The van der Waals surface area contributed by atoms with Crippen molar-refractivity contribution < 1.29 is 0 Å². The molecule has 0 radical (unpaired) electrons. The molecule has 1 saturated carbocycles. The normalized spacial score (nSPS) is 33.3. The van der Waals surface area contributed by atoms with Gasteiger partial charge in [0.05, 0.1) is 0 Å². The molecule has 2 aliphatic rings. The van der Waals surface area contributed by atoms with Crippen LogP contribution in [0.15, 0.2) is 24.3 Å². The zero-order chi connectivity index (χ0) is 13.5. The number of fused-ring (bicyclic) bond motifs is 1. The fourth-order valence-corrected chi connectivity index (χ4v) is 3.64. The van der Waals surface area contributed by atoms with Gasteiger partial charge >= 0.3 is 0 Å². The van der Waals surface area contributed by atoms with Crippen molar-refractivity contribution >= 4 is 0 Å². The fourth-order valence-electron chi connectivity index (χ4n) is 3.64. The lowest BCUT2D eigenvalue weighted by Gasteiger charge is -2.45. The highest BCUT2D eigenvalue weighted by atomic mass is 15.2. The van der Waals surface area contributed by atoms with E-state index in [1.54, 1.807) is 0 Å². The third-order valence-electron chi connectivity index (χ3n) is 5.47. The first-order chi connectivity index (χ1) is 9.14. The minimum atomic E-state index is 0.191. The van der Waals surface area contributed by atoms with Gasteiger partial charge in [0.15, 0.2) is 0 Å². The molecule has 3 atom stereocenters. The van der Waals surface area contributed by atoms with Gasteiger partial charge in [0.2, 0.25) is 0 Å². The van der Waals surface area contributed by atoms with E-state index in [-0.39, 0.29) is 5.54 Å². The summed E-state index contributed by atoms with van der Waals surface area (Å²) in [5, 5.41) is 0. The number of aryl methyl sites for hydroxylation is 1. The molecule has 3 unspecified atom stereocenters. The minimum Gasteiger partial charge on any atom is -0.329 e. The lowest BCUT2D eigenvalue weighted by Crippen LogP contribution is -2.56. The van der Waals surface area contributed by atoms with E-state index in [0.717, 1.165) is 24.8 Å². The van der Waals surface area contributed by atoms with Crippen molar-refractivity contribution in [1.29, 1.82) is 0 Å². The Hall–Kier alpha value is -0.860. The van der Waals surface area contributed by atoms with Crippen molar-refractivity contribution in [2.45, 2.75) is 38.1 Å². The summed E-state index contributed by atoms with van der Waals surface area (Å²) in [5.41, 5.74) is 9.41. The molecule has 2 heteroatoms. The Labute approximate surface area is 117 Å². The first-order valence-electron chi connectivity index (χ1n) is 7.63. The molecule has 0 aliphatic heterocycles. The van der Waals surface area contributed by atoms with Crippen LogP contribution in [-0.4, -0.2) is 30.6 Å². The van der Waals surface area contributed by atoms with Crippen LogP contribution in [-0.2, 0) is 12.8 Å². The maximum Gasteiger partial charge on any atom is 0.0372 e. The maximum atomic E-state index is 6.19. The Bertz CT molecular complexity index is 456. The van der Waals surface area contributed by atoms with Gasteiger partial charge in [-0.15, -0.1) is 0 Å². The molecule has 0 aromatic heterocycles. The zero-order valence-corrected chi connectivity index (χ0v) is 12.2. The van der Waals surface area contributed by atoms with Gasteiger partial charge in [-0.2, -0.15) is 0 Å². The molecule has 3 rings (SSSR count). The first kappa shape index (κ1) is 13.1. The van der Waals surface area contributed by atoms with Gasteiger partial charge in [-0.05, 0) is 55.7 Å². The Kier molecular flexibility index (Phi) is 3.40. The molecular formula is C17H26N2. The second-order valence-electron chi connectivity index (χ2n) is 6.73. The Morgan fingerprint density at radius 2 is 2.00 bits per heavy atom. The predicted octanol–water partition coefficient (Wildman–Crippen LogP) is 2.46. The Balaban J connectivity index is 1.77. The third kappa shape index (κ3) is 2.44. The molecule has 1 fully saturated rings. The van der Waals surface area contributed by atoms with Crippen LogP contribution >= 0.6 is 0 Å². The van der Waals surface area contributed by atoms with Crippen molar-refractivity contribution in [1.82, 2.24) is 4.90 Å². The highest BCUT2D eigenvalue weighted by Crippen LogP contribution is 2.40. The van der Waals surface area contributed by atoms with Crippen LogP contribution < -0.4 is 5.73 Å². The first-order valence-corrected chi connectivity index (χ1v) is 7.63. The summed E-state index contributed by atoms with van der Waals surface area (Å²) in [4.78, 5) is 2.57. The summed E-state index contributed by atoms with van der Waals surface area (Å²) < 4.78 is 0. The number of benzene rings is 1. The van der Waals surface area contributed by atoms with E-state index in [1.807, 2.05) is 0 Å². The van der Waals surface area contributed by atoms with Crippen LogP contribution in [0.1, 0.15) is 30.9 Å². The molecule has 2 nitrogen and oxygen atoms in total. The van der Waals surface area contributed by atoms with Crippen molar-refractivity contribution in [3.8, 4) is 0 Å². The van der Waals surface area contributed by atoms with Gasteiger partial charge in [-0.25, -0.2) is 0 Å². The molecule has 104 valence electrons. The number of nitrogens with zero attached hydrogens (tertiary/aromatic N) is 1. The van der Waals surface area contributed by atoms with Gasteiger partial charge in [0.25, 0.3) is 0 Å². The Morgan fingerprint density at radius 1 is 1.32 bits per heavy atom. The van der Waals surface area contributed by atoms with Crippen LogP contribution in [0.2, 0.25) is 0 Å². The summed E-state index contributed by atoms with van der Waals surface area (Å²) in [6.45, 7) is 4.36. The molecule has 2 N–H and O–H groups in total. The Morgan fingerprint density at radius 3 is 2.63 bits per heavy atom. The molecule has 1 aromatic carbocycles. The molecule has 0 spiro atoms. The van der Waals surface area contributed by atoms with E-state index >= 15 is 0 Å². The van der Waals surface area contributed by atoms with Gasteiger partial charge in [0.1, 0.15) is 0 Å². The van der Waals surface area contributed by atoms with Crippen molar-refractivity contribution in [2.24, 2.45) is 17.6 Å². The van der Waals surface area contributed by atoms with E-state index in [4.69, 9.17) is 5.73 Å². The van der Waals surface area contributed by atoms with Gasteiger partial charge in [-0.1, -0.05) is 31.2 Å². The average Bonchev–Trinajstić information content (AvgIpc) is 3.13. The fraction of sp³-hybridized carbons (Fsp3) is 0.647. The number of likely N-dealkylation sites (N-methyl/N-ethyl adjacent to an activating group) is 1. The topological polar surface area (TPSA) is 29.3 Å². The summed E-state index contributed by atoms with van der Waals surface area (Å²) in [6, 6.07) is 8.88. The van der Waals surface area contributed by atoms with Crippen LogP contribution in [0, 0.1) is 11.8 Å². The van der Waals surface area contributed by atoms with Crippen molar-refractivity contribution in [3.05, 3.63) is 35.4 Å². The monoisotopic (exact) mass is 258 g/mol. The molecule has 2 aliphatic carbocycles. The lowest BCUT2D eigenvalue weighted by molar-refractivity contribution is 0.102. The summed E-state index contributed by atoms with van der Waals surface area (Å²) in [7, 11) is 2.28. The molecular weight excluding hydrogens is 232 g/mol. The lowest BCUT2D eigenvalue weighted by atomic mass is 9.77. The minimum absolute atomic E-state index is 0.191. The van der Waals surface area contributed by atoms with Gasteiger partial charge in [0, 0.05) is 18.6 Å². The van der Waals surface area contributed by atoms with Gasteiger partial charge < -0.3 is 5.73 Å². The SMILES string of the molecule is CC1CC1CN(C)C1(CN)CCc2ccccc2C1. The maximum absolute atomic E-state index is 6.19. The molecule has 19 heavy (non-hydrogen) atoms. The number of hydrogen-bond acceptors (Lipinski definition) is 2. The van der Waals surface area contributed by atoms with Crippen LogP contribution in [0.25, 0.3) is 0 Å². The van der Waals surface area contributed by atoms with E-state index in [9.17, 15) is 0 Å². The van der Waals surface area contributed by atoms with Crippen LogP contribution in [0.4, 0.5) is 0 Å². The van der Waals surface area contributed by atoms with Crippen molar-refractivity contribution in [2.75, 3.05) is 20.1 Å². The second-order valence-corrected chi connectivity index (χ2v) is 6.73. The smallest absolute Gasteiger partial charge is 0.0372 e. The second kappa shape index (κ2) is 4.92. The third-order valence-corrected chi connectivity index (χ3v) is 5.47. The summed E-state index contributed by atoms with van der Waals surface area (Å²) in [6.07, 6.45) is 4.91. The van der Waals surface area contributed by atoms with Gasteiger partial charge in [-0.3, -0.25) is 4.90 Å². The van der Waals surface area contributed by atoms with E-state index in [1.165, 1.54) is 36.9 Å². The molecule has 0 saturated heterocycles. The number of hydrogen-bond donors (Lipinski definition) is 1. The molecule has 1 aromatic rings. The predicted molar refractivity (Wildman–Crippen MR) is 80.2 cm³/mol. The van der Waals surface area contributed by atoms with Crippen molar-refractivity contribution in [3.63, 3.8) is 0 Å². The average molecular weight is 258 g/mol. The highest BCUT2D eigenvalue weighted by Gasteiger charge is 2.41. The molecule has 0 amide bonds. The number of nitrogens with two attached hydrogens (primary N) is 1. The highest BCUT2D eigenvalue weighted by molar-refractivity contribution is 5.32. The van der Waals surface area contributed by atoms with E-state index < -0.39 is 0 Å². The zero-order valence-electron chi connectivity index (χ0n) is 12.2. The molecule has 0 bridgehead atoms. The van der Waals surface area contributed by atoms with E-state index in [2.05, 4.69) is 43.1 Å². The van der Waals surface area contributed by atoms with E-state index in [0.29, 0.717) is 0 Å². The van der Waals surface area contributed by atoms with Crippen LogP contribution in [0.5, 0.6) is 0 Å². The number of rotatable bonds is 4. The van der Waals surface area contributed by atoms with Crippen LogP contribution in [0.3, 0.4) is 0 Å². The largest absolute Gasteiger partial charge is 0.329 e. The standard InChI is InChI=1S/C17H26N2/c1-13-9-16(13)11-19(2)17(12-18)8-7-14-5-3-4-6-15(14)10-17/h3-6,13,16H,7-12,18H2,1-2H3. The molecule has 0 heterocycles. The quantitative estimate of drug-likeness (QED) is 0.899.